The normalized spacial score (nSPS) is 25.7. The van der Waals surface area contributed by atoms with E-state index in [1.807, 2.05) is 60.7 Å². The molecule has 17 heteroatoms. The number of esters is 2. The van der Waals surface area contributed by atoms with Crippen LogP contribution < -0.4 is 10.6 Å². The lowest BCUT2D eigenvalue weighted by atomic mass is 10.2. The van der Waals surface area contributed by atoms with Crippen molar-refractivity contribution < 1.29 is 72.1 Å². The molecule has 0 radical (unpaired) electrons. The fourth-order valence-electron chi connectivity index (χ4n) is 5.69. The van der Waals surface area contributed by atoms with Crippen molar-refractivity contribution in [3.05, 3.63) is 71.8 Å². The Bertz CT molecular complexity index is 1460. The van der Waals surface area contributed by atoms with Gasteiger partial charge in [0.1, 0.15) is 44.7 Å². The molecule has 1 aliphatic heterocycles. The summed E-state index contributed by atoms with van der Waals surface area (Å²) >= 11 is 0. The summed E-state index contributed by atoms with van der Waals surface area (Å²) < 4.78 is 40.8. The number of amides is 2. The molecule has 0 bridgehead atoms. The Morgan fingerprint density at radius 2 is 1.12 bits per heavy atom. The topological polar surface area (TPSA) is 224 Å². The number of hydrogen-bond donors (Lipinski definition) is 4. The maximum atomic E-state index is 12.1. The maximum absolute atomic E-state index is 12.1. The number of hydrogen-bond acceptors (Lipinski definition) is 15. The molecule has 0 unspecified atom stereocenters. The number of aliphatic hydroxyl groups is 2. The first-order valence-electron chi connectivity index (χ1n) is 16.8. The predicted octanol–water partition coefficient (Wildman–Crippen LogP) is 1.89. The highest BCUT2D eigenvalue weighted by atomic mass is 16.8. The molecule has 17 nitrogen and oxygen atoms in total. The van der Waals surface area contributed by atoms with Gasteiger partial charge in [0.05, 0.1) is 31.4 Å². The molecule has 2 aliphatic carbocycles. The molecule has 2 saturated carbocycles. The van der Waals surface area contributed by atoms with E-state index in [9.17, 15) is 34.2 Å². The summed E-state index contributed by atoms with van der Waals surface area (Å²) in [6, 6.07) is 17.1. The van der Waals surface area contributed by atoms with Crippen molar-refractivity contribution in [2.45, 2.75) is 88.6 Å². The van der Waals surface area contributed by atoms with E-state index in [0.717, 1.165) is 11.1 Å². The summed E-state index contributed by atoms with van der Waals surface area (Å²) in [7, 11) is 0. The second kappa shape index (κ2) is 20.2. The smallest absolute Gasteiger partial charge is 0.464 e. The molecule has 1 heterocycles. The highest BCUT2D eigenvalue weighted by molar-refractivity contribution is 5.71. The summed E-state index contributed by atoms with van der Waals surface area (Å²) in [6.45, 7) is 3.46. The van der Waals surface area contributed by atoms with Crippen molar-refractivity contribution in [3.8, 4) is 0 Å². The monoisotopic (exact) mass is 732 g/mol. The van der Waals surface area contributed by atoms with Crippen LogP contribution in [0.4, 0.5) is 14.4 Å². The summed E-state index contributed by atoms with van der Waals surface area (Å²) in [5, 5.41) is 25.2. The summed E-state index contributed by atoms with van der Waals surface area (Å²) in [5.41, 5.74) is 1.68. The molecule has 2 aromatic carbocycles. The zero-order chi connectivity index (χ0) is 37.5. The molecule has 2 amide bonds. The van der Waals surface area contributed by atoms with E-state index in [1.165, 1.54) is 0 Å². The molecule has 2 aromatic rings. The van der Waals surface area contributed by atoms with Crippen LogP contribution in [0.2, 0.25) is 0 Å². The Labute approximate surface area is 299 Å². The third-order valence-electron chi connectivity index (χ3n) is 8.14. The van der Waals surface area contributed by atoms with Crippen LogP contribution in [0.5, 0.6) is 0 Å². The average molecular weight is 733 g/mol. The Kier molecular flexibility index (Phi) is 15.4. The Morgan fingerprint density at radius 1 is 0.654 bits per heavy atom. The van der Waals surface area contributed by atoms with Gasteiger partial charge in [0.2, 0.25) is 0 Å². The van der Waals surface area contributed by atoms with Crippen LogP contribution in [-0.4, -0.2) is 116 Å². The van der Waals surface area contributed by atoms with Gasteiger partial charge in [-0.25, -0.2) is 24.0 Å². The van der Waals surface area contributed by atoms with Crippen LogP contribution in [0, 0.1) is 0 Å². The third kappa shape index (κ3) is 12.1. The highest BCUT2D eigenvalue weighted by Gasteiger charge is 2.54. The molecule has 52 heavy (non-hydrogen) atoms. The van der Waals surface area contributed by atoms with Gasteiger partial charge in [0.15, 0.2) is 12.2 Å². The van der Waals surface area contributed by atoms with Gasteiger partial charge in [-0.15, -0.1) is 0 Å². The largest absolute Gasteiger partial charge is 0.509 e. The van der Waals surface area contributed by atoms with Gasteiger partial charge in [0, 0.05) is 6.42 Å². The quantitative estimate of drug-likeness (QED) is 0.161. The van der Waals surface area contributed by atoms with Crippen molar-refractivity contribution in [1.82, 2.24) is 10.6 Å². The van der Waals surface area contributed by atoms with E-state index >= 15 is 0 Å². The molecule has 3 fully saturated rings. The Hall–Kier alpha value is -4.97. The fourth-order valence-corrected chi connectivity index (χ4v) is 5.69. The number of nitrogens with one attached hydrogen (secondary N) is 2. The molecule has 0 aromatic heterocycles. The Morgan fingerprint density at radius 3 is 1.63 bits per heavy atom. The molecule has 0 spiro atoms. The van der Waals surface area contributed by atoms with Crippen LogP contribution >= 0.6 is 0 Å². The first kappa shape index (κ1) is 39.8. The first-order valence-corrected chi connectivity index (χ1v) is 16.8. The van der Waals surface area contributed by atoms with Crippen LogP contribution in [-0.2, 0) is 60.7 Å². The first-order chi connectivity index (χ1) is 25.1. The van der Waals surface area contributed by atoms with E-state index in [4.69, 9.17) is 37.9 Å². The number of rotatable bonds is 14. The van der Waals surface area contributed by atoms with Gasteiger partial charge in [-0.2, -0.15) is 0 Å². The van der Waals surface area contributed by atoms with Gasteiger partial charge in [-0.3, -0.25) is 0 Å². The molecule has 3 aliphatic rings. The number of fused-ring (bicyclic) bond motifs is 1. The van der Waals surface area contributed by atoms with Crippen molar-refractivity contribution >= 4 is 30.3 Å². The SMILES string of the molecule is CCOC(=O)CO[C@H]1C[C@@H](NC(=O)OCc2ccccc2)[C@@H]2OC(=O)O[C@@H]21.CCOC(=O)CO[C@H]1C[C@@H](NC(=O)OCc2ccccc2)[C@H](O)[C@@H]1O. The van der Waals surface area contributed by atoms with Crippen LogP contribution in [0.15, 0.2) is 60.7 Å². The summed E-state index contributed by atoms with van der Waals surface area (Å²) in [6.07, 6.45) is -6.92. The van der Waals surface area contributed by atoms with Gasteiger partial charge < -0.3 is 58.7 Å². The van der Waals surface area contributed by atoms with Crippen LogP contribution in [0.1, 0.15) is 37.8 Å². The lowest BCUT2D eigenvalue weighted by molar-refractivity contribution is -0.153. The van der Waals surface area contributed by atoms with Crippen molar-refractivity contribution in [1.29, 1.82) is 0 Å². The minimum Gasteiger partial charge on any atom is -0.464 e. The molecule has 8 atom stereocenters. The molecule has 5 rings (SSSR count). The third-order valence-corrected chi connectivity index (χ3v) is 8.14. The lowest BCUT2D eigenvalue weighted by Gasteiger charge is -2.17. The Balaban J connectivity index is 0.000000234. The van der Waals surface area contributed by atoms with Crippen molar-refractivity contribution in [2.24, 2.45) is 0 Å². The van der Waals surface area contributed by atoms with Gasteiger partial charge in [-0.05, 0) is 31.4 Å². The molecule has 284 valence electrons. The van der Waals surface area contributed by atoms with E-state index in [-0.39, 0.29) is 46.1 Å². The number of carbonyl (C=O) groups excluding carboxylic acids is 5. The average Bonchev–Trinajstić information content (AvgIpc) is 3.76. The zero-order valence-electron chi connectivity index (χ0n) is 28.8. The van der Waals surface area contributed by atoms with Crippen LogP contribution in [0.25, 0.3) is 0 Å². The highest BCUT2D eigenvalue weighted by Crippen LogP contribution is 2.33. The van der Waals surface area contributed by atoms with Gasteiger partial charge in [-0.1, -0.05) is 60.7 Å². The van der Waals surface area contributed by atoms with Crippen molar-refractivity contribution in [2.75, 3.05) is 26.4 Å². The standard InChI is InChI=1S/C18H21NO8.C17H23NO7/c1-2-23-14(20)10-24-13-8-12(15-16(13)27-18(22)26-15)19-17(21)25-9-11-6-4-3-5-7-11;1-2-23-14(19)10-24-13-8-12(15(20)16(13)21)18-17(22)25-9-11-6-4-3-5-7-11/h3-7,12-13,15-16H,2,8-10H2,1H3,(H,19,21);3-7,12-13,15-16,20-21H,2,8-10H2,1H3,(H,18,22)/t2*12-,13+,15+,16-/m11/s1. The van der Waals surface area contributed by atoms with E-state index < -0.39 is 79.0 Å². The number of carbonyl (C=O) groups is 5. The number of ether oxygens (including phenoxy) is 8. The minimum absolute atomic E-state index is 0.0980. The second-order valence-electron chi connectivity index (χ2n) is 11.8. The number of benzene rings is 2. The summed E-state index contributed by atoms with van der Waals surface area (Å²) in [4.78, 5) is 58.1. The molecule has 4 N–H and O–H groups in total. The van der Waals surface area contributed by atoms with E-state index in [2.05, 4.69) is 10.6 Å². The van der Waals surface area contributed by atoms with E-state index in [0.29, 0.717) is 6.42 Å². The predicted molar refractivity (Wildman–Crippen MR) is 176 cm³/mol. The fraction of sp³-hybridized carbons (Fsp3) is 0.514. The van der Waals surface area contributed by atoms with Gasteiger partial charge in [0.25, 0.3) is 0 Å². The van der Waals surface area contributed by atoms with Gasteiger partial charge >= 0.3 is 30.3 Å². The maximum Gasteiger partial charge on any atom is 0.509 e. The van der Waals surface area contributed by atoms with Crippen LogP contribution in [0.3, 0.4) is 0 Å². The number of alkyl carbamates (subject to hydrolysis) is 2. The molecule has 1 saturated heterocycles. The molecular weight excluding hydrogens is 688 g/mol. The summed E-state index contributed by atoms with van der Waals surface area (Å²) in [5.74, 6) is -1.07. The minimum atomic E-state index is -1.21. The second-order valence-corrected chi connectivity index (χ2v) is 11.8. The van der Waals surface area contributed by atoms with E-state index in [1.54, 1.807) is 13.8 Å². The zero-order valence-corrected chi connectivity index (χ0v) is 28.8. The van der Waals surface area contributed by atoms with Crippen molar-refractivity contribution in [3.63, 3.8) is 0 Å². The molecular formula is C35H44N2O15. The number of aliphatic hydroxyl groups excluding tert-OH is 2. The lowest BCUT2D eigenvalue weighted by Crippen LogP contribution is -2.43.